The fourth-order valence-corrected chi connectivity index (χ4v) is 5.27. The Labute approximate surface area is 194 Å². The van der Waals surface area contributed by atoms with E-state index in [9.17, 15) is 23.8 Å². The first-order valence-corrected chi connectivity index (χ1v) is 11.3. The molecule has 2 N–H and O–H groups in total. The second-order valence-electron chi connectivity index (χ2n) is 7.78. The van der Waals surface area contributed by atoms with E-state index in [0.29, 0.717) is 35.4 Å². The fourth-order valence-electron chi connectivity index (χ4n) is 4.03. The molecule has 0 aromatic heterocycles. The number of amides is 1. The van der Waals surface area contributed by atoms with Crippen molar-refractivity contribution in [2.45, 2.75) is 30.2 Å². The van der Waals surface area contributed by atoms with E-state index in [4.69, 9.17) is 4.74 Å². The molecule has 0 unspecified atom stereocenters. The van der Waals surface area contributed by atoms with E-state index in [1.807, 2.05) is 0 Å². The number of aliphatic hydroxyl groups excluding tert-OH is 1. The maximum absolute atomic E-state index is 13.5. The largest absolute Gasteiger partial charge is 0.507 e. The molecule has 1 saturated heterocycles. The lowest BCUT2D eigenvalue weighted by atomic mass is 9.95. The van der Waals surface area contributed by atoms with Gasteiger partial charge in [-0.1, -0.05) is 23.9 Å². The highest BCUT2D eigenvalue weighted by molar-refractivity contribution is 8.14. The van der Waals surface area contributed by atoms with Gasteiger partial charge in [-0.3, -0.25) is 9.69 Å². The summed E-state index contributed by atoms with van der Waals surface area (Å²) in [5.74, 6) is -0.343. The quantitative estimate of drug-likeness (QED) is 0.444. The van der Waals surface area contributed by atoms with Gasteiger partial charge in [-0.25, -0.2) is 8.78 Å². The number of hydrogen-bond donors (Lipinski definition) is 2. The lowest BCUT2D eigenvalue weighted by molar-refractivity contribution is 0.163. The average Bonchev–Trinajstić information content (AvgIpc) is 3.14. The first-order valence-electron chi connectivity index (χ1n) is 10.4. The smallest absolute Gasteiger partial charge is 0.287 e. The van der Waals surface area contributed by atoms with Gasteiger partial charge in [0, 0.05) is 22.6 Å². The summed E-state index contributed by atoms with van der Waals surface area (Å²) in [4.78, 5) is 14.6. The number of carbonyl (C=O) groups excluding carboxylic acids is 1. The number of methoxy groups -OCH3 is 1. The van der Waals surface area contributed by atoms with Crippen molar-refractivity contribution < 1.29 is 28.5 Å². The van der Waals surface area contributed by atoms with Gasteiger partial charge in [0.2, 0.25) is 0 Å². The predicted molar refractivity (Wildman–Crippen MR) is 124 cm³/mol. The molecule has 1 fully saturated rings. The molecular weight excluding hydrogens is 448 g/mol. The third kappa shape index (κ3) is 4.96. The van der Waals surface area contributed by atoms with Crippen LogP contribution < -0.4 is 9.64 Å². The summed E-state index contributed by atoms with van der Waals surface area (Å²) in [5, 5.41) is 20.8. The number of aromatic hydroxyl groups is 1. The zero-order valence-electron chi connectivity index (χ0n) is 17.8. The van der Waals surface area contributed by atoms with E-state index in [-0.39, 0.29) is 22.1 Å². The first-order chi connectivity index (χ1) is 15.9. The van der Waals surface area contributed by atoms with E-state index in [2.05, 4.69) is 0 Å². The molecule has 3 aromatic rings. The number of phenols is 1. The minimum atomic E-state index is -0.828. The minimum absolute atomic E-state index is 0.0224. The third-order valence-corrected chi connectivity index (χ3v) is 6.91. The molecule has 0 radical (unpaired) electrons. The van der Waals surface area contributed by atoms with E-state index >= 15 is 0 Å². The molecule has 8 heteroatoms. The Bertz CT molecular complexity index is 1120. The molecule has 1 amide bonds. The Hall–Kier alpha value is -3.10. The van der Waals surface area contributed by atoms with Crippen LogP contribution in [0.25, 0.3) is 0 Å². The standard InChI is InChI=1S/C25H23F2NO4S/c1-32-19-10-11-20(22(30)14-19)24-23(13-12-21(29)15-2-4-16(26)5-3-15)33-25(31)28(24)18-8-6-17(27)7-9-18/h2-11,14,21,23-24,29-30H,12-13H2,1H3/t21-,23+,24+/m0/s1. The van der Waals surface area contributed by atoms with Gasteiger partial charge in [0.1, 0.15) is 23.1 Å². The number of rotatable bonds is 7. The Morgan fingerprint density at radius 1 is 1.03 bits per heavy atom. The van der Waals surface area contributed by atoms with Gasteiger partial charge >= 0.3 is 0 Å². The molecule has 0 aliphatic carbocycles. The first kappa shape index (κ1) is 23.1. The van der Waals surface area contributed by atoms with Gasteiger partial charge in [0.15, 0.2) is 0 Å². The zero-order chi connectivity index (χ0) is 23.5. The van der Waals surface area contributed by atoms with Crippen LogP contribution in [0.3, 0.4) is 0 Å². The van der Waals surface area contributed by atoms with Crippen molar-refractivity contribution in [3.63, 3.8) is 0 Å². The Morgan fingerprint density at radius 2 is 1.67 bits per heavy atom. The van der Waals surface area contributed by atoms with Gasteiger partial charge in [-0.05, 0) is 66.9 Å². The van der Waals surface area contributed by atoms with Gasteiger partial charge in [-0.2, -0.15) is 0 Å². The topological polar surface area (TPSA) is 70.0 Å². The normalized spacial score (nSPS) is 19.0. The SMILES string of the molecule is COc1ccc([C@@H]2[C@@H](CC[C@H](O)c3ccc(F)cc3)SC(=O)N2c2ccc(F)cc2)c(O)c1. The number of anilines is 1. The number of benzene rings is 3. The number of aliphatic hydroxyl groups is 1. The molecule has 4 rings (SSSR count). The molecule has 1 heterocycles. The molecular formula is C25H23F2NO4S. The molecule has 0 bridgehead atoms. The van der Waals surface area contributed by atoms with Crippen LogP contribution in [0, 0.1) is 11.6 Å². The highest BCUT2D eigenvalue weighted by Gasteiger charge is 2.43. The van der Waals surface area contributed by atoms with E-state index in [1.165, 1.54) is 61.7 Å². The number of halogens is 2. The zero-order valence-corrected chi connectivity index (χ0v) is 18.6. The van der Waals surface area contributed by atoms with Crippen LogP contribution in [0.1, 0.15) is 36.1 Å². The number of carbonyl (C=O) groups is 1. The molecule has 0 spiro atoms. The number of hydrogen-bond acceptors (Lipinski definition) is 5. The van der Waals surface area contributed by atoms with Crippen LogP contribution in [0.2, 0.25) is 0 Å². The van der Waals surface area contributed by atoms with E-state index < -0.39 is 18.0 Å². The fraction of sp³-hybridized carbons (Fsp3) is 0.240. The van der Waals surface area contributed by atoms with Crippen LogP contribution in [0.15, 0.2) is 66.7 Å². The Balaban J connectivity index is 1.64. The molecule has 0 saturated carbocycles. The molecule has 33 heavy (non-hydrogen) atoms. The Morgan fingerprint density at radius 3 is 2.27 bits per heavy atom. The van der Waals surface area contributed by atoms with Gasteiger partial charge in [0.05, 0.1) is 19.3 Å². The summed E-state index contributed by atoms with van der Waals surface area (Å²) in [6.07, 6.45) is -0.0457. The summed E-state index contributed by atoms with van der Waals surface area (Å²) >= 11 is 1.11. The van der Waals surface area contributed by atoms with Gasteiger partial charge in [0.25, 0.3) is 5.24 Å². The molecule has 1 aliphatic heterocycles. The van der Waals surface area contributed by atoms with Crippen molar-refractivity contribution in [3.8, 4) is 11.5 Å². The third-order valence-electron chi connectivity index (χ3n) is 5.72. The molecule has 1 aliphatic rings. The lowest BCUT2D eigenvalue weighted by Crippen LogP contribution is -2.29. The van der Waals surface area contributed by atoms with Crippen molar-refractivity contribution in [1.29, 1.82) is 0 Å². The second kappa shape index (κ2) is 9.80. The minimum Gasteiger partial charge on any atom is -0.507 e. The van der Waals surface area contributed by atoms with Gasteiger partial charge < -0.3 is 14.9 Å². The number of nitrogens with zero attached hydrogens (tertiary/aromatic N) is 1. The molecule has 172 valence electrons. The summed E-state index contributed by atoms with van der Waals surface area (Å²) in [6.45, 7) is 0. The molecule has 3 aromatic carbocycles. The number of thioether (sulfide) groups is 1. The van der Waals surface area contributed by atoms with Crippen molar-refractivity contribution in [2.75, 3.05) is 12.0 Å². The summed E-state index contributed by atoms with van der Waals surface area (Å²) < 4.78 is 31.9. The molecule has 3 atom stereocenters. The Kier molecular flexibility index (Phi) is 6.85. The van der Waals surface area contributed by atoms with Crippen LogP contribution in [-0.4, -0.2) is 27.8 Å². The summed E-state index contributed by atoms with van der Waals surface area (Å²) in [6, 6.07) is 15.6. The van der Waals surface area contributed by atoms with Gasteiger partial charge in [-0.15, -0.1) is 0 Å². The van der Waals surface area contributed by atoms with Crippen molar-refractivity contribution in [2.24, 2.45) is 0 Å². The van der Waals surface area contributed by atoms with Crippen molar-refractivity contribution in [3.05, 3.63) is 89.5 Å². The molecule has 5 nitrogen and oxygen atoms in total. The van der Waals surface area contributed by atoms with Crippen LogP contribution in [0.4, 0.5) is 19.3 Å². The summed E-state index contributed by atoms with van der Waals surface area (Å²) in [5.41, 5.74) is 1.63. The highest BCUT2D eigenvalue weighted by atomic mass is 32.2. The van der Waals surface area contributed by atoms with Crippen molar-refractivity contribution in [1.82, 2.24) is 0 Å². The lowest BCUT2D eigenvalue weighted by Gasteiger charge is -2.29. The van der Waals surface area contributed by atoms with Crippen LogP contribution in [-0.2, 0) is 0 Å². The maximum Gasteiger partial charge on any atom is 0.287 e. The average molecular weight is 472 g/mol. The van der Waals surface area contributed by atoms with Crippen molar-refractivity contribution >= 4 is 22.7 Å². The number of phenolic OH excluding ortho intramolecular Hbond substituents is 1. The number of ether oxygens (including phenoxy) is 1. The maximum atomic E-state index is 13.5. The highest BCUT2D eigenvalue weighted by Crippen LogP contribution is 2.49. The second-order valence-corrected chi connectivity index (χ2v) is 8.97. The monoisotopic (exact) mass is 471 g/mol. The van der Waals surface area contributed by atoms with E-state index in [0.717, 1.165) is 11.8 Å². The predicted octanol–water partition coefficient (Wildman–Crippen LogP) is 5.98. The summed E-state index contributed by atoms with van der Waals surface area (Å²) in [7, 11) is 1.49. The van der Waals surface area contributed by atoms with E-state index in [1.54, 1.807) is 17.0 Å². The van der Waals surface area contributed by atoms with Crippen LogP contribution >= 0.6 is 11.8 Å². The van der Waals surface area contributed by atoms with Crippen LogP contribution in [0.5, 0.6) is 11.5 Å².